The van der Waals surface area contributed by atoms with Gasteiger partial charge >= 0.3 is 35.8 Å². The van der Waals surface area contributed by atoms with Crippen molar-refractivity contribution in [3.8, 4) is 11.5 Å². The molecule has 0 N–H and O–H groups in total. The SMILES string of the molecule is COC(=O)/C=C\C(=O)OCCCC(=O)Oc1ccc(C=O)cc1.COC(=O)/C=C\C(=O)OCCCC(=O)Oc1ccccc1C=O. The molecule has 0 unspecified atom stereocenters. The molecular formula is C32H32O14. The van der Waals surface area contributed by atoms with E-state index in [2.05, 4.69) is 9.47 Å². The summed E-state index contributed by atoms with van der Waals surface area (Å²) >= 11 is 0. The van der Waals surface area contributed by atoms with Crippen LogP contribution in [0.25, 0.3) is 0 Å². The van der Waals surface area contributed by atoms with E-state index in [9.17, 15) is 38.4 Å². The predicted molar refractivity (Wildman–Crippen MR) is 158 cm³/mol. The van der Waals surface area contributed by atoms with Gasteiger partial charge in [-0.15, -0.1) is 0 Å². The number of carbonyl (C=O) groups is 8. The topological polar surface area (TPSA) is 192 Å². The molecule has 0 aliphatic heterocycles. The van der Waals surface area contributed by atoms with Crippen molar-refractivity contribution in [1.82, 2.24) is 0 Å². The summed E-state index contributed by atoms with van der Waals surface area (Å²) in [7, 11) is 2.38. The number of aldehydes is 2. The van der Waals surface area contributed by atoms with Crippen LogP contribution in [0.3, 0.4) is 0 Å². The van der Waals surface area contributed by atoms with Crippen LogP contribution in [-0.4, -0.2) is 75.8 Å². The van der Waals surface area contributed by atoms with E-state index in [1.165, 1.54) is 50.6 Å². The van der Waals surface area contributed by atoms with Gasteiger partial charge in [-0.3, -0.25) is 19.2 Å². The van der Waals surface area contributed by atoms with Crippen LogP contribution in [0, 0.1) is 0 Å². The van der Waals surface area contributed by atoms with Crippen LogP contribution < -0.4 is 9.47 Å². The first kappa shape index (κ1) is 38.1. The Balaban J connectivity index is 0.000000460. The standard InChI is InChI=1S/2C16H16O7/c1-21-14(18)8-9-15(19)22-10-2-3-16(20)23-13-6-4-12(11-17)5-7-13;1-21-14(18)8-9-15(19)22-10-4-7-16(20)23-13-6-3-2-5-12(13)11-17/h4-9,11H,2-3,10H2,1H3;2-3,5-6,8-9,11H,4,7,10H2,1H3/b2*9-8-. The maximum absolute atomic E-state index is 11.6. The first-order valence-electron chi connectivity index (χ1n) is 13.5. The number of hydrogen-bond donors (Lipinski definition) is 0. The molecule has 0 heterocycles. The molecule has 2 aromatic carbocycles. The lowest BCUT2D eigenvalue weighted by atomic mass is 10.2. The summed E-state index contributed by atoms with van der Waals surface area (Å²) in [6.45, 7) is 0.0122. The monoisotopic (exact) mass is 640 g/mol. The van der Waals surface area contributed by atoms with Gasteiger partial charge in [0.25, 0.3) is 0 Å². The van der Waals surface area contributed by atoms with Crippen LogP contribution in [-0.2, 0) is 47.7 Å². The third-order valence-electron chi connectivity index (χ3n) is 5.17. The van der Waals surface area contributed by atoms with E-state index >= 15 is 0 Å². The zero-order chi connectivity index (χ0) is 34.2. The van der Waals surface area contributed by atoms with E-state index < -0.39 is 35.8 Å². The van der Waals surface area contributed by atoms with Crippen molar-refractivity contribution in [2.45, 2.75) is 25.7 Å². The van der Waals surface area contributed by atoms with Crippen LogP contribution in [0.1, 0.15) is 46.4 Å². The first-order chi connectivity index (χ1) is 22.1. The largest absolute Gasteiger partial charge is 0.466 e. The summed E-state index contributed by atoms with van der Waals surface area (Å²) in [4.78, 5) is 88.4. The second-order valence-corrected chi connectivity index (χ2v) is 8.55. The quantitative estimate of drug-likeness (QED) is 0.0649. The van der Waals surface area contributed by atoms with E-state index in [1.54, 1.807) is 12.1 Å². The number of benzene rings is 2. The average Bonchev–Trinajstić information content (AvgIpc) is 3.07. The molecule has 0 fully saturated rings. The Morgan fingerprint density at radius 3 is 1.54 bits per heavy atom. The Morgan fingerprint density at radius 1 is 0.587 bits per heavy atom. The fourth-order valence-corrected chi connectivity index (χ4v) is 2.92. The molecule has 0 radical (unpaired) electrons. The maximum atomic E-state index is 11.6. The van der Waals surface area contributed by atoms with Crippen LogP contribution >= 0.6 is 0 Å². The number of ether oxygens (including phenoxy) is 6. The molecule has 0 spiro atoms. The lowest BCUT2D eigenvalue weighted by molar-refractivity contribution is -0.140. The Bertz CT molecular complexity index is 1410. The van der Waals surface area contributed by atoms with E-state index in [1.807, 2.05) is 0 Å². The van der Waals surface area contributed by atoms with Crippen molar-refractivity contribution >= 4 is 48.4 Å². The van der Waals surface area contributed by atoms with Gasteiger partial charge < -0.3 is 28.4 Å². The molecule has 0 bridgehead atoms. The molecule has 2 aromatic rings. The molecule has 14 heteroatoms. The van der Waals surface area contributed by atoms with Crippen molar-refractivity contribution in [2.24, 2.45) is 0 Å². The van der Waals surface area contributed by atoms with Crippen molar-refractivity contribution in [3.63, 3.8) is 0 Å². The highest BCUT2D eigenvalue weighted by Crippen LogP contribution is 2.16. The zero-order valence-electron chi connectivity index (χ0n) is 25.0. The molecule has 244 valence electrons. The molecule has 0 atom stereocenters. The van der Waals surface area contributed by atoms with E-state index in [-0.39, 0.29) is 50.2 Å². The highest BCUT2D eigenvalue weighted by atomic mass is 16.6. The first-order valence-corrected chi connectivity index (χ1v) is 13.5. The third-order valence-corrected chi connectivity index (χ3v) is 5.17. The van der Waals surface area contributed by atoms with Gasteiger partial charge in [-0.05, 0) is 49.2 Å². The van der Waals surface area contributed by atoms with Crippen molar-refractivity contribution in [3.05, 3.63) is 84.0 Å². The second kappa shape index (κ2) is 22.6. The van der Waals surface area contributed by atoms with E-state index in [0.29, 0.717) is 23.9 Å². The normalized spacial score (nSPS) is 10.1. The number of carbonyl (C=O) groups excluding carboxylic acids is 8. The fourth-order valence-electron chi connectivity index (χ4n) is 2.92. The molecule has 2 rings (SSSR count). The van der Waals surface area contributed by atoms with Crippen molar-refractivity contribution in [1.29, 1.82) is 0 Å². The van der Waals surface area contributed by atoms with Gasteiger partial charge in [-0.2, -0.15) is 0 Å². The fraction of sp³-hybridized carbons (Fsp3) is 0.250. The number of esters is 6. The maximum Gasteiger partial charge on any atom is 0.331 e. The molecule has 0 saturated heterocycles. The summed E-state index contributed by atoms with van der Waals surface area (Å²) < 4.78 is 28.3. The molecule has 0 aromatic heterocycles. The van der Waals surface area contributed by atoms with Crippen LogP contribution in [0.4, 0.5) is 0 Å². The highest BCUT2D eigenvalue weighted by molar-refractivity contribution is 5.92. The third kappa shape index (κ3) is 17.3. The Labute approximate surface area is 263 Å². The van der Waals surface area contributed by atoms with Crippen LogP contribution in [0.5, 0.6) is 11.5 Å². The van der Waals surface area contributed by atoms with Crippen molar-refractivity contribution in [2.75, 3.05) is 27.4 Å². The molecule has 14 nitrogen and oxygen atoms in total. The second-order valence-electron chi connectivity index (χ2n) is 8.55. The molecule has 0 aliphatic rings. The van der Waals surface area contributed by atoms with Gasteiger partial charge in [-0.25, -0.2) is 19.2 Å². The zero-order valence-corrected chi connectivity index (χ0v) is 25.0. The van der Waals surface area contributed by atoms with E-state index in [0.717, 1.165) is 24.3 Å². The Hall–Kier alpha value is -5.92. The molecule has 0 saturated carbocycles. The lowest BCUT2D eigenvalue weighted by Gasteiger charge is -2.06. The molecular weight excluding hydrogens is 608 g/mol. The predicted octanol–water partition coefficient (Wildman–Crippen LogP) is 2.91. The summed E-state index contributed by atoms with van der Waals surface area (Å²) in [6.07, 6.45) is 5.65. The van der Waals surface area contributed by atoms with Gasteiger partial charge in [0.15, 0.2) is 6.29 Å². The average molecular weight is 641 g/mol. The van der Waals surface area contributed by atoms with Gasteiger partial charge in [0, 0.05) is 42.7 Å². The van der Waals surface area contributed by atoms with Gasteiger partial charge in [0.05, 0.1) is 33.0 Å². The minimum Gasteiger partial charge on any atom is -0.466 e. The minimum atomic E-state index is -0.713. The Morgan fingerprint density at radius 2 is 1.07 bits per heavy atom. The number of methoxy groups -OCH3 is 2. The summed E-state index contributed by atoms with van der Waals surface area (Å²) in [5, 5.41) is 0. The summed E-state index contributed by atoms with van der Waals surface area (Å²) in [6, 6.07) is 12.4. The lowest BCUT2D eigenvalue weighted by Crippen LogP contribution is -2.11. The summed E-state index contributed by atoms with van der Waals surface area (Å²) in [5.74, 6) is -3.25. The number of hydrogen-bond acceptors (Lipinski definition) is 14. The molecule has 0 amide bonds. The number of para-hydroxylation sites is 1. The number of rotatable bonds is 16. The van der Waals surface area contributed by atoms with Gasteiger partial charge in [0.2, 0.25) is 0 Å². The van der Waals surface area contributed by atoms with Crippen molar-refractivity contribution < 1.29 is 66.8 Å². The Kier molecular flexibility index (Phi) is 18.7. The molecule has 0 aliphatic carbocycles. The summed E-state index contributed by atoms with van der Waals surface area (Å²) in [5.41, 5.74) is 0.761. The van der Waals surface area contributed by atoms with E-state index in [4.69, 9.17) is 18.9 Å². The minimum absolute atomic E-state index is 0.00519. The smallest absolute Gasteiger partial charge is 0.331 e. The van der Waals surface area contributed by atoms with Gasteiger partial charge in [-0.1, -0.05) is 12.1 Å². The molecule has 46 heavy (non-hydrogen) atoms. The van der Waals surface area contributed by atoms with Crippen LogP contribution in [0.15, 0.2) is 72.8 Å². The van der Waals surface area contributed by atoms with Gasteiger partial charge in [0.1, 0.15) is 17.8 Å². The highest BCUT2D eigenvalue weighted by Gasteiger charge is 2.09. The van der Waals surface area contributed by atoms with Crippen LogP contribution in [0.2, 0.25) is 0 Å².